The number of aryl methyl sites for hydroxylation is 1. The van der Waals surface area contributed by atoms with Gasteiger partial charge < -0.3 is 9.20 Å². The molecule has 0 spiro atoms. The number of Topliss-reactive ketones (excluding diaryl/α,β-unsaturated/α-hetero) is 1. The van der Waals surface area contributed by atoms with Crippen LogP contribution in [0.1, 0.15) is 22.8 Å². The molecule has 0 bridgehead atoms. The fraction of sp³-hybridized carbons (Fsp3) is 0.222. The van der Waals surface area contributed by atoms with E-state index in [-0.39, 0.29) is 59.6 Å². The molecule has 0 saturated carbocycles. The SMILES string of the molecule is CC(=O)c1cn2[c-]nnc2[c-]c1C.[W].[Y]. The van der Waals surface area contributed by atoms with E-state index in [1.54, 1.807) is 10.6 Å². The van der Waals surface area contributed by atoms with Crippen LogP contribution in [0.15, 0.2) is 6.20 Å². The van der Waals surface area contributed by atoms with Crippen molar-refractivity contribution in [1.29, 1.82) is 0 Å². The molecule has 2 rings (SSSR count). The minimum Gasteiger partial charge on any atom is -0.481 e. The van der Waals surface area contributed by atoms with Crippen molar-refractivity contribution in [2.75, 3.05) is 0 Å². The molecule has 0 aliphatic rings. The standard InChI is InChI=1S/C9H7N3O.W.Y/c1-6-3-9-11-10-5-12(9)4-8(6)7(2)13;;/h4H,1-2H3;;/q-2;;. The molecule has 0 N–H and O–H groups in total. The molecule has 4 nitrogen and oxygen atoms in total. The first-order chi connectivity index (χ1) is 6.18. The molecule has 1 radical (unpaired) electrons. The van der Waals surface area contributed by atoms with Gasteiger partial charge in [0.2, 0.25) is 0 Å². The van der Waals surface area contributed by atoms with Crippen molar-refractivity contribution in [3.8, 4) is 0 Å². The van der Waals surface area contributed by atoms with E-state index in [1.807, 2.05) is 6.92 Å². The van der Waals surface area contributed by atoms with Gasteiger partial charge in [0.05, 0.1) is 5.78 Å². The van der Waals surface area contributed by atoms with Gasteiger partial charge in [0.15, 0.2) is 0 Å². The number of carbonyl (C=O) groups excluding carboxylic acids is 1. The summed E-state index contributed by atoms with van der Waals surface area (Å²) in [7, 11) is 0. The number of nitrogens with zero attached hydrogens (tertiary/aromatic N) is 3. The largest absolute Gasteiger partial charge is 0.481 e. The van der Waals surface area contributed by atoms with E-state index >= 15 is 0 Å². The Hall–Kier alpha value is 0.0822. The quantitative estimate of drug-likeness (QED) is 0.483. The molecule has 2 heterocycles. The molecular formula is C9H7N3OWY-2. The molecular weight excluding hydrogens is 439 g/mol. The number of carbonyl (C=O) groups is 1. The summed E-state index contributed by atoms with van der Waals surface area (Å²) in [6.45, 7) is 3.35. The van der Waals surface area contributed by atoms with Gasteiger partial charge in [0.1, 0.15) is 0 Å². The second-order valence-corrected chi connectivity index (χ2v) is 2.84. The Morgan fingerprint density at radius 3 is 2.80 bits per heavy atom. The van der Waals surface area contributed by atoms with Crippen LogP contribution in [0.4, 0.5) is 0 Å². The van der Waals surface area contributed by atoms with E-state index < -0.39 is 0 Å². The van der Waals surface area contributed by atoms with Gasteiger partial charge in [0.25, 0.3) is 0 Å². The van der Waals surface area contributed by atoms with Gasteiger partial charge in [-0.2, -0.15) is 11.8 Å². The monoisotopic (exact) mass is 446 g/mol. The summed E-state index contributed by atoms with van der Waals surface area (Å²) >= 11 is 0. The van der Waals surface area contributed by atoms with Crippen molar-refractivity contribution in [2.45, 2.75) is 13.8 Å². The molecule has 6 heteroatoms. The predicted molar refractivity (Wildman–Crippen MR) is 45.4 cm³/mol. The van der Waals surface area contributed by atoms with Gasteiger partial charge in [-0.15, -0.1) is 0 Å². The predicted octanol–water partition coefficient (Wildman–Crippen LogP) is 0.836. The summed E-state index contributed by atoms with van der Waals surface area (Å²) < 4.78 is 1.56. The number of hydrogen-bond acceptors (Lipinski definition) is 3. The van der Waals surface area contributed by atoms with Crippen LogP contribution in [0.5, 0.6) is 0 Å². The van der Waals surface area contributed by atoms with Gasteiger partial charge in [-0.25, -0.2) is 15.8 Å². The van der Waals surface area contributed by atoms with Crippen LogP contribution in [0.25, 0.3) is 5.65 Å². The first-order valence-corrected chi connectivity index (χ1v) is 3.85. The molecule has 2 aromatic rings. The van der Waals surface area contributed by atoms with E-state index in [4.69, 9.17) is 0 Å². The van der Waals surface area contributed by atoms with Gasteiger partial charge in [0, 0.05) is 60.1 Å². The van der Waals surface area contributed by atoms with Crippen molar-refractivity contribution < 1.29 is 58.6 Å². The molecule has 75 valence electrons. The third kappa shape index (κ3) is 3.02. The Bertz CT molecular complexity index is 483. The Labute approximate surface area is 127 Å². The first kappa shape index (κ1) is 15.1. The minimum atomic E-state index is 0. The van der Waals surface area contributed by atoms with Crippen molar-refractivity contribution in [3.05, 3.63) is 29.7 Å². The van der Waals surface area contributed by atoms with Crippen LogP contribution in [0.3, 0.4) is 0 Å². The second-order valence-electron chi connectivity index (χ2n) is 2.84. The maximum Gasteiger partial charge on any atom is 0.0698 e. The summed E-state index contributed by atoms with van der Waals surface area (Å²) in [5, 5.41) is 7.36. The summed E-state index contributed by atoms with van der Waals surface area (Å²) in [6.07, 6.45) is 4.28. The maximum absolute atomic E-state index is 11.1. The average Bonchev–Trinajstić information content (AvgIpc) is 2.48. The Morgan fingerprint density at radius 2 is 2.20 bits per heavy atom. The fourth-order valence-electron chi connectivity index (χ4n) is 1.20. The van der Waals surface area contributed by atoms with Crippen molar-refractivity contribution in [2.24, 2.45) is 0 Å². The smallest absolute Gasteiger partial charge is 0.0698 e. The van der Waals surface area contributed by atoms with E-state index in [9.17, 15) is 4.79 Å². The van der Waals surface area contributed by atoms with Gasteiger partial charge in [-0.3, -0.25) is 6.07 Å². The normalized spacial score (nSPS) is 9.20. The number of ketones is 1. The minimum absolute atomic E-state index is 0. The zero-order chi connectivity index (χ0) is 9.42. The van der Waals surface area contributed by atoms with Crippen molar-refractivity contribution >= 4 is 11.4 Å². The Morgan fingerprint density at radius 1 is 1.53 bits per heavy atom. The Balaban J connectivity index is 0.000000980. The maximum atomic E-state index is 11.1. The Kier molecular flexibility index (Phi) is 6.01. The van der Waals surface area contributed by atoms with E-state index in [0.717, 1.165) is 5.56 Å². The van der Waals surface area contributed by atoms with Crippen LogP contribution < -0.4 is 0 Å². The van der Waals surface area contributed by atoms with Gasteiger partial charge >= 0.3 is 0 Å². The van der Waals surface area contributed by atoms with Crippen molar-refractivity contribution in [3.63, 3.8) is 0 Å². The topological polar surface area (TPSA) is 47.3 Å². The fourth-order valence-corrected chi connectivity index (χ4v) is 1.20. The zero-order valence-corrected chi connectivity index (χ0v) is 14.1. The summed E-state index contributed by atoms with van der Waals surface area (Å²) in [4.78, 5) is 11.1. The molecule has 0 aliphatic carbocycles. The first-order valence-electron chi connectivity index (χ1n) is 3.85. The number of pyridine rings is 1. The average molecular weight is 446 g/mol. The number of rotatable bonds is 1. The van der Waals surface area contributed by atoms with E-state index in [1.165, 1.54) is 6.92 Å². The summed E-state index contributed by atoms with van der Waals surface area (Å²) in [5.74, 6) is 0.0118. The molecule has 0 aliphatic heterocycles. The number of hydrogen-bond donors (Lipinski definition) is 0. The molecule has 2 aromatic heterocycles. The molecule has 0 aromatic carbocycles. The van der Waals surface area contributed by atoms with E-state index in [2.05, 4.69) is 22.6 Å². The van der Waals surface area contributed by atoms with Crippen LogP contribution in [0, 0.1) is 19.3 Å². The zero-order valence-electron chi connectivity index (χ0n) is 8.31. The molecule has 0 atom stereocenters. The third-order valence-electron chi connectivity index (χ3n) is 1.87. The van der Waals surface area contributed by atoms with Gasteiger partial charge in [-0.1, -0.05) is 6.92 Å². The molecule has 0 fully saturated rings. The van der Waals surface area contributed by atoms with Crippen LogP contribution in [0.2, 0.25) is 0 Å². The second kappa shape index (κ2) is 5.98. The van der Waals surface area contributed by atoms with E-state index in [0.29, 0.717) is 11.2 Å². The third-order valence-corrected chi connectivity index (χ3v) is 1.87. The van der Waals surface area contributed by atoms with Crippen LogP contribution in [-0.4, -0.2) is 20.4 Å². The van der Waals surface area contributed by atoms with Crippen LogP contribution in [-0.2, 0) is 53.8 Å². The number of fused-ring (bicyclic) bond motifs is 1. The molecule has 0 amide bonds. The summed E-state index contributed by atoms with van der Waals surface area (Å²) in [5.41, 5.74) is 2.01. The van der Waals surface area contributed by atoms with Crippen LogP contribution >= 0.6 is 0 Å². The number of aromatic nitrogens is 3. The summed E-state index contributed by atoms with van der Waals surface area (Å²) in [6, 6.07) is 2.96. The van der Waals surface area contributed by atoms with Gasteiger partial charge in [-0.05, 0) is 12.6 Å². The molecule has 15 heavy (non-hydrogen) atoms. The van der Waals surface area contributed by atoms with Crippen molar-refractivity contribution in [1.82, 2.24) is 14.6 Å². The molecule has 0 unspecified atom stereocenters. The molecule has 0 saturated heterocycles.